The van der Waals surface area contributed by atoms with Gasteiger partial charge in [-0.25, -0.2) is 0 Å². The van der Waals surface area contributed by atoms with Crippen molar-refractivity contribution in [1.82, 2.24) is 0 Å². The molecule has 0 atom stereocenters. The van der Waals surface area contributed by atoms with Gasteiger partial charge in [0, 0.05) is 25.3 Å². The highest BCUT2D eigenvalue weighted by molar-refractivity contribution is 5.91. The third-order valence-corrected chi connectivity index (χ3v) is 4.62. The molecular weight excluding hydrogens is 282 g/mol. The van der Waals surface area contributed by atoms with E-state index in [1.165, 1.54) is 22.3 Å². The maximum absolute atomic E-state index is 10.5. The largest absolute Gasteiger partial charge is 0.507 e. The Morgan fingerprint density at radius 2 is 1.48 bits per heavy atom. The molecule has 0 aliphatic heterocycles. The molecule has 1 N–H and O–H groups in total. The van der Waals surface area contributed by atoms with Gasteiger partial charge in [-0.2, -0.15) is 0 Å². The quantitative estimate of drug-likeness (QED) is 0.580. The molecule has 1 aliphatic carbocycles. The lowest BCUT2D eigenvalue weighted by molar-refractivity contribution is 0.477. The standard InChI is InChI=1S/C21H19NO/c1-22(2)19-11-6-12-20(23)21(19)17-10-5-9-16-15-8-4-3-7-14(15)13-18(16)17/h3-12,23H,13H2,1-2H3. The highest BCUT2D eigenvalue weighted by Gasteiger charge is 2.23. The van der Waals surface area contributed by atoms with Crippen LogP contribution in [0.3, 0.4) is 0 Å². The smallest absolute Gasteiger partial charge is 0.125 e. The van der Waals surface area contributed by atoms with E-state index in [0.29, 0.717) is 5.75 Å². The zero-order chi connectivity index (χ0) is 16.0. The Labute approximate surface area is 136 Å². The van der Waals surface area contributed by atoms with Gasteiger partial charge in [0.2, 0.25) is 0 Å². The van der Waals surface area contributed by atoms with Crippen molar-refractivity contribution in [3.63, 3.8) is 0 Å². The van der Waals surface area contributed by atoms with Gasteiger partial charge in [0.25, 0.3) is 0 Å². The maximum atomic E-state index is 10.5. The molecule has 4 rings (SSSR count). The van der Waals surface area contributed by atoms with Gasteiger partial charge >= 0.3 is 0 Å². The van der Waals surface area contributed by atoms with Gasteiger partial charge in [-0.3, -0.25) is 0 Å². The van der Waals surface area contributed by atoms with E-state index in [0.717, 1.165) is 23.2 Å². The highest BCUT2D eigenvalue weighted by Crippen LogP contribution is 2.46. The van der Waals surface area contributed by atoms with Crippen molar-refractivity contribution in [1.29, 1.82) is 0 Å². The molecule has 0 saturated carbocycles. The lowest BCUT2D eigenvalue weighted by Crippen LogP contribution is -2.10. The van der Waals surface area contributed by atoms with Gasteiger partial charge in [0.05, 0.1) is 0 Å². The number of anilines is 1. The van der Waals surface area contributed by atoms with Crippen molar-refractivity contribution >= 4 is 5.69 Å². The summed E-state index contributed by atoms with van der Waals surface area (Å²) < 4.78 is 0. The molecule has 2 heteroatoms. The average molecular weight is 301 g/mol. The van der Waals surface area contributed by atoms with Gasteiger partial charge in [-0.1, -0.05) is 48.5 Å². The van der Waals surface area contributed by atoms with Gasteiger partial charge < -0.3 is 10.0 Å². The minimum atomic E-state index is 0.334. The van der Waals surface area contributed by atoms with E-state index in [-0.39, 0.29) is 0 Å². The van der Waals surface area contributed by atoms with Crippen LogP contribution in [0.4, 0.5) is 5.69 Å². The Balaban J connectivity index is 1.98. The molecular formula is C21H19NO. The summed E-state index contributed by atoms with van der Waals surface area (Å²) in [5, 5.41) is 10.5. The first-order valence-corrected chi connectivity index (χ1v) is 7.86. The number of hydrogen-bond donors (Lipinski definition) is 1. The van der Waals surface area contributed by atoms with Crippen LogP contribution in [-0.2, 0) is 6.42 Å². The second-order valence-corrected chi connectivity index (χ2v) is 6.23. The second kappa shape index (κ2) is 5.17. The fraction of sp³-hybridized carbons (Fsp3) is 0.143. The van der Waals surface area contributed by atoms with E-state index in [1.54, 1.807) is 6.07 Å². The topological polar surface area (TPSA) is 23.5 Å². The van der Waals surface area contributed by atoms with Crippen LogP contribution in [0.1, 0.15) is 11.1 Å². The third-order valence-electron chi connectivity index (χ3n) is 4.62. The molecule has 0 radical (unpaired) electrons. The molecule has 0 bridgehead atoms. The first-order valence-electron chi connectivity index (χ1n) is 7.86. The highest BCUT2D eigenvalue weighted by atomic mass is 16.3. The molecule has 2 nitrogen and oxygen atoms in total. The fourth-order valence-electron chi connectivity index (χ4n) is 3.57. The Hall–Kier alpha value is -2.74. The van der Waals surface area contributed by atoms with Crippen LogP contribution in [0.25, 0.3) is 22.3 Å². The lowest BCUT2D eigenvalue weighted by Gasteiger charge is -2.20. The van der Waals surface area contributed by atoms with Crippen molar-refractivity contribution in [2.45, 2.75) is 6.42 Å². The molecule has 23 heavy (non-hydrogen) atoms. The van der Waals surface area contributed by atoms with Crippen molar-refractivity contribution in [3.05, 3.63) is 71.8 Å². The van der Waals surface area contributed by atoms with E-state index >= 15 is 0 Å². The van der Waals surface area contributed by atoms with Gasteiger partial charge in [-0.05, 0) is 46.4 Å². The monoisotopic (exact) mass is 301 g/mol. The Bertz CT molecular complexity index is 896. The summed E-state index contributed by atoms with van der Waals surface area (Å²) in [7, 11) is 4.02. The van der Waals surface area contributed by atoms with Crippen LogP contribution in [-0.4, -0.2) is 19.2 Å². The average Bonchev–Trinajstić information content (AvgIpc) is 2.93. The first-order chi connectivity index (χ1) is 11.2. The molecule has 3 aromatic rings. The van der Waals surface area contributed by atoms with Gasteiger partial charge in [-0.15, -0.1) is 0 Å². The van der Waals surface area contributed by atoms with E-state index < -0.39 is 0 Å². The number of benzene rings is 3. The minimum absolute atomic E-state index is 0.334. The first kappa shape index (κ1) is 13.9. The van der Waals surface area contributed by atoms with E-state index in [4.69, 9.17) is 0 Å². The van der Waals surface area contributed by atoms with Gasteiger partial charge in [0.15, 0.2) is 0 Å². The van der Waals surface area contributed by atoms with E-state index in [2.05, 4.69) is 53.4 Å². The number of rotatable bonds is 2. The van der Waals surface area contributed by atoms with E-state index in [9.17, 15) is 5.11 Å². The van der Waals surface area contributed by atoms with Crippen molar-refractivity contribution < 1.29 is 5.11 Å². The minimum Gasteiger partial charge on any atom is -0.507 e. The zero-order valence-corrected chi connectivity index (χ0v) is 13.4. The Kier molecular flexibility index (Phi) is 3.12. The summed E-state index contributed by atoms with van der Waals surface area (Å²) in [5.41, 5.74) is 8.34. The zero-order valence-electron chi connectivity index (χ0n) is 13.4. The molecule has 0 unspecified atom stereocenters. The number of phenolic OH excluding ortho intramolecular Hbond substituents is 1. The summed E-state index contributed by atoms with van der Waals surface area (Å²) in [4.78, 5) is 2.05. The number of aromatic hydroxyl groups is 1. The second-order valence-electron chi connectivity index (χ2n) is 6.23. The summed E-state index contributed by atoms with van der Waals surface area (Å²) >= 11 is 0. The molecule has 0 heterocycles. The summed E-state index contributed by atoms with van der Waals surface area (Å²) in [6, 6.07) is 20.7. The van der Waals surface area contributed by atoms with Crippen LogP contribution >= 0.6 is 0 Å². The van der Waals surface area contributed by atoms with Crippen molar-refractivity contribution in [3.8, 4) is 28.0 Å². The summed E-state index contributed by atoms with van der Waals surface area (Å²) in [6.07, 6.45) is 0.920. The van der Waals surface area contributed by atoms with Crippen LogP contribution in [0.15, 0.2) is 60.7 Å². The van der Waals surface area contributed by atoms with Gasteiger partial charge in [0.1, 0.15) is 5.75 Å². The molecule has 0 aromatic heterocycles. The maximum Gasteiger partial charge on any atom is 0.125 e. The Morgan fingerprint density at radius 1 is 0.783 bits per heavy atom. The third kappa shape index (κ3) is 2.10. The predicted molar refractivity (Wildman–Crippen MR) is 96.1 cm³/mol. The summed E-state index contributed by atoms with van der Waals surface area (Å²) in [6.45, 7) is 0. The normalized spacial score (nSPS) is 11.9. The predicted octanol–water partition coefficient (Wildman–Crippen LogP) is 4.70. The van der Waals surface area contributed by atoms with E-state index in [1.807, 2.05) is 20.2 Å². The van der Waals surface area contributed by atoms with Crippen LogP contribution in [0.5, 0.6) is 5.75 Å². The summed E-state index contributed by atoms with van der Waals surface area (Å²) in [5.74, 6) is 0.334. The fourth-order valence-corrected chi connectivity index (χ4v) is 3.57. The molecule has 3 aromatic carbocycles. The number of phenols is 1. The van der Waals surface area contributed by atoms with Crippen LogP contribution in [0.2, 0.25) is 0 Å². The molecule has 0 fully saturated rings. The van der Waals surface area contributed by atoms with Crippen molar-refractivity contribution in [2.75, 3.05) is 19.0 Å². The Morgan fingerprint density at radius 3 is 2.30 bits per heavy atom. The van der Waals surface area contributed by atoms with Crippen molar-refractivity contribution in [2.24, 2.45) is 0 Å². The van der Waals surface area contributed by atoms with Crippen LogP contribution < -0.4 is 4.90 Å². The van der Waals surface area contributed by atoms with Crippen LogP contribution in [0, 0.1) is 0 Å². The molecule has 0 amide bonds. The molecule has 0 spiro atoms. The lowest BCUT2D eigenvalue weighted by atomic mass is 9.93. The SMILES string of the molecule is CN(C)c1cccc(O)c1-c1cccc2c1Cc1ccccc1-2. The molecule has 114 valence electrons. The molecule has 1 aliphatic rings. The molecule has 0 saturated heterocycles. The number of nitrogens with zero attached hydrogens (tertiary/aromatic N) is 1. The number of hydrogen-bond acceptors (Lipinski definition) is 2. The number of fused-ring (bicyclic) bond motifs is 3.